The lowest BCUT2D eigenvalue weighted by Gasteiger charge is -2.42. The van der Waals surface area contributed by atoms with Crippen molar-refractivity contribution in [2.45, 2.75) is 70.2 Å². The first kappa shape index (κ1) is 16.9. The van der Waals surface area contributed by atoms with E-state index in [0.29, 0.717) is 10.7 Å². The number of alkyl halides is 1. The minimum absolute atomic E-state index is 0.171. The number of benzene rings is 1. The monoisotopic (exact) mass is 352 g/mol. The summed E-state index contributed by atoms with van der Waals surface area (Å²) in [4.78, 5) is 0.617. The third-order valence-electron chi connectivity index (χ3n) is 4.91. The van der Waals surface area contributed by atoms with Crippen LogP contribution in [0.25, 0.3) is 0 Å². The number of halogens is 1. The topological polar surface area (TPSA) is 9.23 Å². The first-order valence-electron chi connectivity index (χ1n) is 8.22. The van der Waals surface area contributed by atoms with Gasteiger partial charge in [-0.25, -0.2) is 0 Å². The van der Waals surface area contributed by atoms with Crippen molar-refractivity contribution >= 4 is 15.9 Å². The van der Waals surface area contributed by atoms with E-state index in [-0.39, 0.29) is 11.5 Å². The van der Waals surface area contributed by atoms with Crippen LogP contribution in [0.4, 0.5) is 0 Å². The molecular weight excluding hydrogens is 324 g/mol. The molecular formula is C19H29BrO. The van der Waals surface area contributed by atoms with Gasteiger partial charge < -0.3 is 4.74 Å². The van der Waals surface area contributed by atoms with Gasteiger partial charge in [0.2, 0.25) is 0 Å². The van der Waals surface area contributed by atoms with Gasteiger partial charge in [-0.3, -0.25) is 0 Å². The van der Waals surface area contributed by atoms with Crippen LogP contribution < -0.4 is 4.74 Å². The van der Waals surface area contributed by atoms with Gasteiger partial charge in [0.05, 0.1) is 6.10 Å². The largest absolute Gasteiger partial charge is 0.491 e. The summed E-state index contributed by atoms with van der Waals surface area (Å²) >= 11 is 3.96. The highest BCUT2D eigenvalue weighted by atomic mass is 79.9. The van der Waals surface area contributed by atoms with Gasteiger partial charge in [-0.05, 0) is 61.6 Å². The van der Waals surface area contributed by atoms with E-state index in [4.69, 9.17) is 4.74 Å². The molecule has 2 heteroatoms. The third kappa shape index (κ3) is 4.03. The highest BCUT2D eigenvalue weighted by Crippen LogP contribution is 2.45. The fourth-order valence-electron chi connectivity index (χ4n) is 3.58. The molecule has 1 saturated carbocycles. The minimum Gasteiger partial charge on any atom is -0.491 e. The maximum atomic E-state index is 5.87. The quantitative estimate of drug-likeness (QED) is 0.608. The summed E-state index contributed by atoms with van der Waals surface area (Å²) in [5.74, 6) is 2.52. The molecule has 0 aromatic heterocycles. The zero-order chi connectivity index (χ0) is 15.6. The predicted octanol–water partition coefficient (Wildman–Crippen LogP) is 5.95. The van der Waals surface area contributed by atoms with Crippen LogP contribution >= 0.6 is 15.9 Å². The molecule has 0 heterocycles. The summed E-state index contributed by atoms with van der Waals surface area (Å²) < 4.78 is 5.87. The van der Waals surface area contributed by atoms with Crippen molar-refractivity contribution in [2.75, 3.05) is 0 Å². The van der Waals surface area contributed by atoms with Crippen molar-refractivity contribution < 1.29 is 4.74 Å². The first-order chi connectivity index (χ1) is 9.80. The van der Waals surface area contributed by atoms with E-state index in [0.717, 1.165) is 11.7 Å². The van der Waals surface area contributed by atoms with Crippen LogP contribution in [0, 0.1) is 11.8 Å². The van der Waals surface area contributed by atoms with Crippen LogP contribution in [-0.4, -0.2) is 10.9 Å². The average molecular weight is 353 g/mol. The summed E-state index contributed by atoms with van der Waals surface area (Å²) in [5.41, 5.74) is 1.56. The standard InChI is InChI=1S/C19H29BrO/c1-13(2)21-16-8-6-7-15(12-16)19(4,5)17-10-9-14(3)11-18(17)20/h6-8,12-14,17-18H,9-11H2,1-5H3. The fraction of sp³-hybridized carbons (Fsp3) is 0.684. The molecule has 21 heavy (non-hydrogen) atoms. The first-order valence-corrected chi connectivity index (χ1v) is 9.13. The maximum absolute atomic E-state index is 5.87. The van der Waals surface area contributed by atoms with Crippen LogP contribution in [0.3, 0.4) is 0 Å². The van der Waals surface area contributed by atoms with E-state index < -0.39 is 0 Å². The fourth-order valence-corrected chi connectivity index (χ4v) is 5.14. The summed E-state index contributed by atoms with van der Waals surface area (Å²) in [7, 11) is 0. The lowest BCUT2D eigenvalue weighted by Crippen LogP contribution is -2.38. The molecule has 0 radical (unpaired) electrons. The second-order valence-corrected chi connectivity index (χ2v) is 8.63. The third-order valence-corrected chi connectivity index (χ3v) is 5.92. The molecule has 1 nitrogen and oxygen atoms in total. The Hall–Kier alpha value is -0.500. The van der Waals surface area contributed by atoms with Gasteiger partial charge >= 0.3 is 0 Å². The second kappa shape index (κ2) is 6.73. The molecule has 1 aromatic carbocycles. The van der Waals surface area contributed by atoms with Gasteiger partial charge in [-0.2, -0.15) is 0 Å². The normalized spacial score (nSPS) is 26.9. The highest BCUT2D eigenvalue weighted by Gasteiger charge is 2.38. The second-order valence-electron chi connectivity index (χ2n) is 7.46. The molecule has 0 bridgehead atoms. The van der Waals surface area contributed by atoms with Gasteiger partial charge in [0.25, 0.3) is 0 Å². The summed E-state index contributed by atoms with van der Waals surface area (Å²) in [6, 6.07) is 8.68. The van der Waals surface area contributed by atoms with Crippen LogP contribution in [-0.2, 0) is 5.41 Å². The molecule has 0 aliphatic heterocycles. The van der Waals surface area contributed by atoms with Gasteiger partial charge in [-0.1, -0.05) is 55.3 Å². The molecule has 1 fully saturated rings. The van der Waals surface area contributed by atoms with Crippen LogP contribution in [0.15, 0.2) is 24.3 Å². The Balaban J connectivity index is 2.22. The van der Waals surface area contributed by atoms with E-state index in [1.54, 1.807) is 0 Å². The van der Waals surface area contributed by atoms with Crippen molar-refractivity contribution in [1.29, 1.82) is 0 Å². The van der Waals surface area contributed by atoms with Crippen molar-refractivity contribution in [2.24, 2.45) is 11.8 Å². The number of hydrogen-bond acceptors (Lipinski definition) is 1. The van der Waals surface area contributed by atoms with Gasteiger partial charge in [0, 0.05) is 4.83 Å². The highest BCUT2D eigenvalue weighted by molar-refractivity contribution is 9.09. The van der Waals surface area contributed by atoms with E-state index in [1.165, 1.54) is 24.8 Å². The Bertz CT molecular complexity index is 466. The molecule has 1 aliphatic carbocycles. The van der Waals surface area contributed by atoms with Crippen LogP contribution in [0.1, 0.15) is 59.4 Å². The Morgan fingerprint density at radius 1 is 1.24 bits per heavy atom. The SMILES string of the molecule is CC1CCC(C(C)(C)c2cccc(OC(C)C)c2)C(Br)C1. The van der Waals surface area contributed by atoms with Crippen molar-refractivity contribution in [3.05, 3.63) is 29.8 Å². The summed E-state index contributed by atoms with van der Waals surface area (Å²) in [6.07, 6.45) is 4.16. The van der Waals surface area contributed by atoms with Crippen molar-refractivity contribution in [3.8, 4) is 5.75 Å². The molecule has 2 rings (SSSR count). The number of rotatable bonds is 4. The van der Waals surface area contributed by atoms with Crippen LogP contribution in [0.2, 0.25) is 0 Å². The predicted molar refractivity (Wildman–Crippen MR) is 94.5 cm³/mol. The van der Waals surface area contributed by atoms with E-state index in [2.05, 4.69) is 74.8 Å². The molecule has 1 aromatic rings. The zero-order valence-corrected chi connectivity index (χ0v) is 15.6. The van der Waals surface area contributed by atoms with E-state index in [9.17, 15) is 0 Å². The lowest BCUT2D eigenvalue weighted by molar-refractivity contribution is 0.211. The minimum atomic E-state index is 0.171. The Kier molecular flexibility index (Phi) is 5.40. The molecule has 1 aliphatic rings. The number of ether oxygens (including phenoxy) is 1. The molecule has 0 N–H and O–H groups in total. The van der Waals surface area contributed by atoms with E-state index >= 15 is 0 Å². The number of hydrogen-bond donors (Lipinski definition) is 0. The van der Waals surface area contributed by atoms with Gasteiger partial charge in [0.15, 0.2) is 0 Å². The Morgan fingerprint density at radius 3 is 2.57 bits per heavy atom. The molecule has 0 spiro atoms. The molecule has 3 unspecified atom stereocenters. The smallest absolute Gasteiger partial charge is 0.119 e. The molecule has 118 valence electrons. The van der Waals surface area contributed by atoms with Gasteiger partial charge in [0.1, 0.15) is 5.75 Å². The van der Waals surface area contributed by atoms with Crippen molar-refractivity contribution in [1.82, 2.24) is 0 Å². The Morgan fingerprint density at radius 2 is 1.95 bits per heavy atom. The summed E-state index contributed by atoms with van der Waals surface area (Å²) in [5, 5.41) is 0. The van der Waals surface area contributed by atoms with Crippen LogP contribution in [0.5, 0.6) is 5.75 Å². The maximum Gasteiger partial charge on any atom is 0.119 e. The molecule has 3 atom stereocenters. The molecule has 0 amide bonds. The van der Waals surface area contributed by atoms with Gasteiger partial charge in [-0.15, -0.1) is 0 Å². The molecule has 0 saturated heterocycles. The van der Waals surface area contributed by atoms with E-state index in [1.807, 2.05) is 0 Å². The average Bonchev–Trinajstić information content (AvgIpc) is 2.37. The Labute approximate surface area is 138 Å². The zero-order valence-electron chi connectivity index (χ0n) is 14.0. The summed E-state index contributed by atoms with van der Waals surface area (Å²) in [6.45, 7) is 11.3. The lowest BCUT2D eigenvalue weighted by atomic mass is 9.66. The van der Waals surface area contributed by atoms with Crippen molar-refractivity contribution in [3.63, 3.8) is 0 Å².